The molecule has 3 N–H and O–H groups in total. The Bertz CT molecular complexity index is 695. The summed E-state index contributed by atoms with van der Waals surface area (Å²) in [4.78, 5) is 19.8. The molecule has 0 aliphatic heterocycles. The number of nitrogens with zero attached hydrogens (tertiary/aromatic N) is 2. The number of aryl methyl sites for hydroxylation is 1. The van der Waals surface area contributed by atoms with Gasteiger partial charge in [-0.15, -0.1) is 0 Å². The van der Waals surface area contributed by atoms with Crippen molar-refractivity contribution in [3.63, 3.8) is 0 Å². The molecule has 5 heteroatoms. The van der Waals surface area contributed by atoms with Crippen molar-refractivity contribution in [1.82, 2.24) is 9.97 Å². The maximum atomic E-state index is 11.5. The topological polar surface area (TPSA) is 80.9 Å². The zero-order chi connectivity index (χ0) is 15.4. The van der Waals surface area contributed by atoms with Gasteiger partial charge in [0.05, 0.1) is 5.69 Å². The number of ketones is 1. The quantitative estimate of drug-likeness (QED) is 0.823. The van der Waals surface area contributed by atoms with Gasteiger partial charge in [0.1, 0.15) is 5.82 Å². The molecule has 2 aromatic rings. The Hall–Kier alpha value is -2.69. The maximum absolute atomic E-state index is 11.5. The molecule has 1 aromatic heterocycles. The van der Waals surface area contributed by atoms with E-state index in [0.29, 0.717) is 12.2 Å². The number of hydrogen-bond acceptors (Lipinski definition) is 5. The Morgan fingerprint density at radius 2 is 2.14 bits per heavy atom. The van der Waals surface area contributed by atoms with E-state index in [9.17, 15) is 4.79 Å². The van der Waals surface area contributed by atoms with Crippen molar-refractivity contribution in [1.29, 1.82) is 0 Å². The lowest BCUT2D eigenvalue weighted by molar-refractivity contribution is -0.114. The Labute approximate surface area is 123 Å². The van der Waals surface area contributed by atoms with Crippen molar-refractivity contribution in [2.45, 2.75) is 13.3 Å². The minimum atomic E-state index is -0.0112. The average Bonchev–Trinajstić information content (AvgIpc) is 2.48. The van der Waals surface area contributed by atoms with Crippen LogP contribution in [0.1, 0.15) is 11.1 Å². The first kappa shape index (κ1) is 14.7. The highest BCUT2D eigenvalue weighted by molar-refractivity contribution is 5.91. The van der Waals surface area contributed by atoms with Gasteiger partial charge in [-0.25, -0.2) is 4.98 Å². The fourth-order valence-electron chi connectivity index (χ4n) is 2.06. The van der Waals surface area contributed by atoms with Gasteiger partial charge in [0.2, 0.25) is 5.95 Å². The van der Waals surface area contributed by atoms with Crippen LogP contribution < -0.4 is 11.1 Å². The number of nitrogens with one attached hydrogen (secondary N) is 1. The summed E-state index contributed by atoms with van der Waals surface area (Å²) in [6, 6.07) is 7.69. The summed E-state index contributed by atoms with van der Waals surface area (Å²) in [5, 5.41) is 2.95. The van der Waals surface area contributed by atoms with E-state index in [1.54, 1.807) is 7.05 Å². The van der Waals surface area contributed by atoms with E-state index >= 15 is 0 Å². The van der Waals surface area contributed by atoms with Crippen LogP contribution in [-0.4, -0.2) is 22.8 Å². The molecule has 0 aliphatic carbocycles. The molecule has 108 valence electrons. The van der Waals surface area contributed by atoms with Crippen molar-refractivity contribution in [2.24, 2.45) is 0 Å². The second kappa shape index (κ2) is 6.17. The highest BCUT2D eigenvalue weighted by Crippen LogP contribution is 2.25. The molecule has 0 fully saturated rings. The SMILES string of the molecule is C=CC(=O)Cc1ccc(C)c(-c2cc(NC)nc(N)n2)c1. The summed E-state index contributed by atoms with van der Waals surface area (Å²) in [7, 11) is 1.78. The van der Waals surface area contributed by atoms with Crippen LogP contribution in [0.15, 0.2) is 36.9 Å². The van der Waals surface area contributed by atoms with E-state index in [0.717, 1.165) is 22.4 Å². The van der Waals surface area contributed by atoms with Crippen LogP contribution >= 0.6 is 0 Å². The number of carbonyl (C=O) groups excluding carboxylic acids is 1. The van der Waals surface area contributed by atoms with Crippen molar-refractivity contribution in [2.75, 3.05) is 18.1 Å². The van der Waals surface area contributed by atoms with Crippen LogP contribution in [0, 0.1) is 6.92 Å². The van der Waals surface area contributed by atoms with Gasteiger partial charge in [0, 0.05) is 25.1 Å². The molecule has 0 amide bonds. The van der Waals surface area contributed by atoms with Crippen molar-refractivity contribution in [3.05, 3.63) is 48.0 Å². The zero-order valence-corrected chi connectivity index (χ0v) is 12.2. The third kappa shape index (κ3) is 3.45. The lowest BCUT2D eigenvalue weighted by Gasteiger charge is -2.10. The van der Waals surface area contributed by atoms with Crippen LogP contribution in [0.4, 0.5) is 11.8 Å². The van der Waals surface area contributed by atoms with E-state index in [1.165, 1.54) is 6.08 Å². The number of anilines is 2. The molecular weight excluding hydrogens is 264 g/mol. The largest absolute Gasteiger partial charge is 0.373 e. The van der Waals surface area contributed by atoms with Crippen LogP contribution in [0.3, 0.4) is 0 Å². The van der Waals surface area contributed by atoms with Gasteiger partial charge in [-0.1, -0.05) is 18.7 Å². The van der Waals surface area contributed by atoms with Gasteiger partial charge in [0.25, 0.3) is 0 Å². The summed E-state index contributed by atoms with van der Waals surface area (Å²) in [5.41, 5.74) is 9.39. The van der Waals surface area contributed by atoms with E-state index in [-0.39, 0.29) is 11.7 Å². The Kier molecular flexibility index (Phi) is 4.33. The van der Waals surface area contributed by atoms with Crippen LogP contribution in [-0.2, 0) is 11.2 Å². The summed E-state index contributed by atoms with van der Waals surface area (Å²) in [5.74, 6) is 0.858. The van der Waals surface area contributed by atoms with Crippen molar-refractivity contribution < 1.29 is 4.79 Å². The minimum Gasteiger partial charge on any atom is -0.373 e. The maximum Gasteiger partial charge on any atom is 0.222 e. The number of allylic oxidation sites excluding steroid dienone is 1. The van der Waals surface area contributed by atoms with Crippen LogP contribution in [0.25, 0.3) is 11.3 Å². The number of nitrogen functional groups attached to an aromatic ring is 1. The molecule has 1 heterocycles. The van der Waals surface area contributed by atoms with Crippen molar-refractivity contribution in [3.8, 4) is 11.3 Å². The molecule has 0 spiro atoms. The van der Waals surface area contributed by atoms with Crippen LogP contribution in [0.2, 0.25) is 0 Å². The first-order valence-electron chi connectivity index (χ1n) is 6.61. The van der Waals surface area contributed by atoms with E-state index in [2.05, 4.69) is 21.9 Å². The van der Waals surface area contributed by atoms with Gasteiger partial charge in [-0.3, -0.25) is 4.79 Å². The summed E-state index contributed by atoms with van der Waals surface area (Å²) in [6.45, 7) is 5.49. The fraction of sp³-hybridized carbons (Fsp3) is 0.188. The van der Waals surface area contributed by atoms with Gasteiger partial charge in [0.15, 0.2) is 5.78 Å². The Morgan fingerprint density at radius 1 is 1.38 bits per heavy atom. The summed E-state index contributed by atoms with van der Waals surface area (Å²) < 4.78 is 0. The summed E-state index contributed by atoms with van der Waals surface area (Å²) in [6.07, 6.45) is 1.66. The Morgan fingerprint density at radius 3 is 2.81 bits per heavy atom. The molecule has 21 heavy (non-hydrogen) atoms. The fourth-order valence-corrected chi connectivity index (χ4v) is 2.06. The standard InChI is InChI=1S/C16H18N4O/c1-4-12(21)7-11-6-5-10(2)13(8-11)14-9-15(18-3)20-16(17)19-14/h4-6,8-9H,1,7H2,2-3H3,(H3,17,18,19,20). The third-order valence-corrected chi connectivity index (χ3v) is 3.18. The van der Waals surface area contributed by atoms with E-state index in [1.807, 2.05) is 31.2 Å². The smallest absolute Gasteiger partial charge is 0.222 e. The van der Waals surface area contributed by atoms with Gasteiger partial charge >= 0.3 is 0 Å². The van der Waals surface area contributed by atoms with Gasteiger partial charge < -0.3 is 11.1 Å². The average molecular weight is 282 g/mol. The predicted octanol–water partition coefficient (Wildman–Crippen LogP) is 2.37. The van der Waals surface area contributed by atoms with Crippen molar-refractivity contribution >= 4 is 17.5 Å². The highest BCUT2D eigenvalue weighted by atomic mass is 16.1. The number of aromatic nitrogens is 2. The second-order valence-corrected chi connectivity index (χ2v) is 4.74. The zero-order valence-electron chi connectivity index (χ0n) is 12.2. The molecule has 0 atom stereocenters. The molecule has 1 aromatic carbocycles. The number of hydrogen-bond donors (Lipinski definition) is 2. The molecule has 0 unspecified atom stereocenters. The number of benzene rings is 1. The molecule has 0 bridgehead atoms. The molecule has 0 aliphatic rings. The minimum absolute atomic E-state index is 0.0112. The van der Waals surface area contributed by atoms with E-state index in [4.69, 9.17) is 5.73 Å². The third-order valence-electron chi connectivity index (χ3n) is 3.18. The molecule has 0 saturated heterocycles. The van der Waals surface area contributed by atoms with Crippen LogP contribution in [0.5, 0.6) is 0 Å². The normalized spacial score (nSPS) is 10.2. The number of nitrogens with two attached hydrogens (primary N) is 1. The molecule has 5 nitrogen and oxygen atoms in total. The molecule has 0 saturated carbocycles. The lowest BCUT2D eigenvalue weighted by Crippen LogP contribution is -2.03. The highest BCUT2D eigenvalue weighted by Gasteiger charge is 2.09. The predicted molar refractivity (Wildman–Crippen MR) is 85.1 cm³/mol. The lowest BCUT2D eigenvalue weighted by atomic mass is 9.99. The van der Waals surface area contributed by atoms with Gasteiger partial charge in [-0.05, 0) is 30.2 Å². The van der Waals surface area contributed by atoms with E-state index < -0.39 is 0 Å². The summed E-state index contributed by atoms with van der Waals surface area (Å²) >= 11 is 0. The first-order valence-corrected chi connectivity index (χ1v) is 6.61. The number of carbonyl (C=O) groups is 1. The number of rotatable bonds is 5. The molecule has 0 radical (unpaired) electrons. The first-order chi connectivity index (χ1) is 10.0. The van der Waals surface area contributed by atoms with Gasteiger partial charge in [-0.2, -0.15) is 4.98 Å². The monoisotopic (exact) mass is 282 g/mol. The Balaban J connectivity index is 2.47. The second-order valence-electron chi connectivity index (χ2n) is 4.74. The molecule has 2 rings (SSSR count). The molecular formula is C16H18N4O.